The van der Waals surface area contributed by atoms with Gasteiger partial charge in [-0.1, -0.05) is 17.7 Å². The van der Waals surface area contributed by atoms with E-state index in [1.807, 2.05) is 24.3 Å². The SMILES string of the molecule is COc1cc(-c2ccc(CN)s2)ccc1Cl. The smallest absolute Gasteiger partial charge is 0.138 e. The third kappa shape index (κ3) is 2.21. The third-order valence-electron chi connectivity index (χ3n) is 2.30. The van der Waals surface area contributed by atoms with Gasteiger partial charge in [-0.2, -0.15) is 0 Å². The normalized spacial score (nSPS) is 10.4. The molecule has 0 fully saturated rings. The maximum absolute atomic E-state index is 5.97. The van der Waals surface area contributed by atoms with Crippen molar-refractivity contribution in [2.45, 2.75) is 6.54 Å². The van der Waals surface area contributed by atoms with Gasteiger partial charge in [-0.3, -0.25) is 0 Å². The van der Waals surface area contributed by atoms with Crippen LogP contribution in [0.4, 0.5) is 0 Å². The minimum Gasteiger partial charge on any atom is -0.495 e. The number of nitrogens with two attached hydrogens (primary N) is 1. The van der Waals surface area contributed by atoms with Crippen molar-refractivity contribution in [3.05, 3.63) is 40.2 Å². The van der Waals surface area contributed by atoms with Gasteiger partial charge in [0.2, 0.25) is 0 Å². The molecule has 0 saturated carbocycles. The van der Waals surface area contributed by atoms with E-state index in [0.717, 1.165) is 5.56 Å². The summed E-state index contributed by atoms with van der Waals surface area (Å²) in [6.07, 6.45) is 0. The summed E-state index contributed by atoms with van der Waals surface area (Å²) in [6.45, 7) is 0.579. The van der Waals surface area contributed by atoms with Crippen LogP contribution in [0.15, 0.2) is 30.3 Å². The number of hydrogen-bond acceptors (Lipinski definition) is 3. The first kappa shape index (κ1) is 11.5. The molecule has 1 aromatic carbocycles. The minimum atomic E-state index is 0.579. The van der Waals surface area contributed by atoms with Gasteiger partial charge in [0.1, 0.15) is 5.75 Å². The molecule has 0 aliphatic heterocycles. The molecule has 0 bridgehead atoms. The molecule has 0 saturated heterocycles. The van der Waals surface area contributed by atoms with Gasteiger partial charge in [-0.05, 0) is 29.8 Å². The molecule has 2 N–H and O–H groups in total. The molecule has 1 aromatic heterocycles. The number of hydrogen-bond donors (Lipinski definition) is 1. The molecule has 0 radical (unpaired) electrons. The van der Waals surface area contributed by atoms with Crippen molar-refractivity contribution in [1.82, 2.24) is 0 Å². The van der Waals surface area contributed by atoms with Crippen molar-refractivity contribution in [3.8, 4) is 16.2 Å². The predicted molar refractivity (Wildman–Crippen MR) is 69.2 cm³/mol. The largest absolute Gasteiger partial charge is 0.495 e. The predicted octanol–water partition coefficient (Wildman–Crippen LogP) is 3.54. The molecule has 0 atom stereocenters. The van der Waals surface area contributed by atoms with E-state index in [9.17, 15) is 0 Å². The fourth-order valence-electron chi connectivity index (χ4n) is 1.46. The highest BCUT2D eigenvalue weighted by Gasteiger charge is 2.06. The van der Waals surface area contributed by atoms with Crippen molar-refractivity contribution in [1.29, 1.82) is 0 Å². The van der Waals surface area contributed by atoms with Crippen LogP contribution in [-0.4, -0.2) is 7.11 Å². The van der Waals surface area contributed by atoms with Gasteiger partial charge in [0.15, 0.2) is 0 Å². The monoisotopic (exact) mass is 253 g/mol. The first-order chi connectivity index (χ1) is 7.74. The van der Waals surface area contributed by atoms with Crippen LogP contribution in [0.3, 0.4) is 0 Å². The fourth-order valence-corrected chi connectivity index (χ4v) is 2.53. The van der Waals surface area contributed by atoms with Crippen LogP contribution in [0.1, 0.15) is 4.88 Å². The highest BCUT2D eigenvalue weighted by molar-refractivity contribution is 7.15. The molecule has 2 rings (SSSR count). The first-order valence-corrected chi connectivity index (χ1v) is 6.06. The molecule has 0 amide bonds. The molecule has 4 heteroatoms. The number of thiophene rings is 1. The number of halogens is 1. The van der Waals surface area contributed by atoms with Gasteiger partial charge in [0.25, 0.3) is 0 Å². The molecule has 0 spiro atoms. The second-order valence-electron chi connectivity index (χ2n) is 3.32. The zero-order valence-corrected chi connectivity index (χ0v) is 10.4. The number of rotatable bonds is 3. The maximum Gasteiger partial charge on any atom is 0.138 e. The molecule has 16 heavy (non-hydrogen) atoms. The van der Waals surface area contributed by atoms with Crippen LogP contribution < -0.4 is 10.5 Å². The van der Waals surface area contributed by atoms with Gasteiger partial charge in [0.05, 0.1) is 12.1 Å². The molecular formula is C12H12ClNOS. The van der Waals surface area contributed by atoms with Crippen molar-refractivity contribution < 1.29 is 4.74 Å². The molecule has 2 nitrogen and oxygen atoms in total. The number of benzene rings is 1. The van der Waals surface area contributed by atoms with Crippen molar-refractivity contribution >= 4 is 22.9 Å². The van der Waals surface area contributed by atoms with Crippen molar-refractivity contribution in [2.75, 3.05) is 7.11 Å². The summed E-state index contributed by atoms with van der Waals surface area (Å²) in [6, 6.07) is 9.87. The van der Waals surface area contributed by atoms with Gasteiger partial charge in [0, 0.05) is 16.3 Å². The lowest BCUT2D eigenvalue weighted by Gasteiger charge is -2.04. The van der Waals surface area contributed by atoms with E-state index in [0.29, 0.717) is 17.3 Å². The van der Waals surface area contributed by atoms with E-state index in [1.54, 1.807) is 18.4 Å². The third-order valence-corrected chi connectivity index (χ3v) is 3.77. The van der Waals surface area contributed by atoms with Crippen LogP contribution in [0.5, 0.6) is 5.75 Å². The molecular weight excluding hydrogens is 242 g/mol. The van der Waals surface area contributed by atoms with Crippen LogP contribution in [-0.2, 0) is 6.54 Å². The summed E-state index contributed by atoms with van der Waals surface area (Å²) >= 11 is 7.66. The van der Waals surface area contributed by atoms with E-state index < -0.39 is 0 Å². The summed E-state index contributed by atoms with van der Waals surface area (Å²) in [4.78, 5) is 2.35. The second-order valence-corrected chi connectivity index (χ2v) is 4.89. The van der Waals surface area contributed by atoms with E-state index >= 15 is 0 Å². The van der Waals surface area contributed by atoms with Crippen LogP contribution in [0.25, 0.3) is 10.4 Å². The molecule has 0 unspecified atom stereocenters. The highest BCUT2D eigenvalue weighted by Crippen LogP contribution is 2.33. The zero-order chi connectivity index (χ0) is 11.5. The lowest BCUT2D eigenvalue weighted by Crippen LogP contribution is -1.91. The Balaban J connectivity index is 2.40. The Morgan fingerprint density at radius 3 is 2.75 bits per heavy atom. The van der Waals surface area contributed by atoms with Crippen LogP contribution in [0, 0.1) is 0 Å². The van der Waals surface area contributed by atoms with Crippen molar-refractivity contribution in [2.24, 2.45) is 5.73 Å². The van der Waals surface area contributed by atoms with E-state index in [2.05, 4.69) is 6.07 Å². The van der Waals surface area contributed by atoms with E-state index in [4.69, 9.17) is 22.1 Å². The first-order valence-electron chi connectivity index (χ1n) is 4.87. The van der Waals surface area contributed by atoms with Gasteiger partial charge >= 0.3 is 0 Å². The minimum absolute atomic E-state index is 0.579. The topological polar surface area (TPSA) is 35.2 Å². The second kappa shape index (κ2) is 4.87. The lowest BCUT2D eigenvalue weighted by molar-refractivity contribution is 0.415. The average Bonchev–Trinajstić information content (AvgIpc) is 2.78. The number of ether oxygens (including phenoxy) is 1. The Labute approximate surface area is 104 Å². The Bertz CT molecular complexity index is 496. The quantitative estimate of drug-likeness (QED) is 0.908. The standard InChI is InChI=1S/C12H12ClNOS/c1-15-11-6-8(2-4-10(11)13)12-5-3-9(7-14)16-12/h2-6H,7,14H2,1H3. The molecule has 0 aliphatic rings. The van der Waals surface area contributed by atoms with Crippen LogP contribution >= 0.6 is 22.9 Å². The molecule has 84 valence electrons. The number of methoxy groups -OCH3 is 1. The summed E-state index contributed by atoms with van der Waals surface area (Å²) < 4.78 is 5.19. The summed E-state index contributed by atoms with van der Waals surface area (Å²) in [5.74, 6) is 0.696. The van der Waals surface area contributed by atoms with Gasteiger partial charge in [-0.15, -0.1) is 11.3 Å². The van der Waals surface area contributed by atoms with E-state index in [1.165, 1.54) is 9.75 Å². The maximum atomic E-state index is 5.97. The Hall–Kier alpha value is -1.03. The van der Waals surface area contributed by atoms with Crippen molar-refractivity contribution in [3.63, 3.8) is 0 Å². The zero-order valence-electron chi connectivity index (χ0n) is 8.87. The summed E-state index contributed by atoms with van der Waals surface area (Å²) in [7, 11) is 1.62. The van der Waals surface area contributed by atoms with Crippen LogP contribution in [0.2, 0.25) is 5.02 Å². The average molecular weight is 254 g/mol. The molecule has 0 aliphatic carbocycles. The summed E-state index contributed by atoms with van der Waals surface area (Å²) in [5.41, 5.74) is 6.69. The van der Waals surface area contributed by atoms with Gasteiger partial charge < -0.3 is 10.5 Å². The van der Waals surface area contributed by atoms with E-state index in [-0.39, 0.29) is 0 Å². The fraction of sp³-hybridized carbons (Fsp3) is 0.167. The highest BCUT2D eigenvalue weighted by atomic mass is 35.5. The Morgan fingerprint density at radius 1 is 1.31 bits per heavy atom. The Kier molecular flexibility index (Phi) is 3.49. The van der Waals surface area contributed by atoms with Gasteiger partial charge in [-0.25, -0.2) is 0 Å². The molecule has 2 aromatic rings. The molecule has 1 heterocycles. The Morgan fingerprint density at radius 2 is 2.12 bits per heavy atom. The lowest BCUT2D eigenvalue weighted by atomic mass is 10.2. The summed E-state index contributed by atoms with van der Waals surface area (Å²) in [5, 5.41) is 0.627.